The van der Waals surface area contributed by atoms with E-state index in [2.05, 4.69) is 18.3 Å². The summed E-state index contributed by atoms with van der Waals surface area (Å²) in [7, 11) is 0. The largest absolute Gasteiger partial charge is 0.490 e. The molecule has 2 atom stereocenters. The fourth-order valence-electron chi connectivity index (χ4n) is 2.62. The Balaban J connectivity index is 1.69. The number of nitrogens with one attached hydrogen (secondary N) is 1. The van der Waals surface area contributed by atoms with Crippen molar-refractivity contribution in [2.45, 2.75) is 38.3 Å². The first-order valence-corrected chi connectivity index (χ1v) is 7.09. The smallest absolute Gasteiger partial charge is 0.163 e. The monoisotopic (exact) mass is 263 g/mol. The number of hydrogen-bond acceptors (Lipinski definition) is 4. The zero-order chi connectivity index (χ0) is 13.1. The maximum absolute atomic E-state index is 5.71. The van der Waals surface area contributed by atoms with Crippen LogP contribution in [-0.2, 0) is 4.74 Å². The van der Waals surface area contributed by atoms with Gasteiger partial charge in [0.15, 0.2) is 11.5 Å². The molecular formula is C15H21NO3. The summed E-state index contributed by atoms with van der Waals surface area (Å²) in [5.74, 6) is 1.70. The normalized spacial score (nSPS) is 26.6. The zero-order valence-corrected chi connectivity index (χ0v) is 11.4. The highest BCUT2D eigenvalue weighted by Gasteiger charge is 2.19. The lowest BCUT2D eigenvalue weighted by Gasteiger charge is -2.28. The summed E-state index contributed by atoms with van der Waals surface area (Å²) >= 11 is 0. The van der Waals surface area contributed by atoms with Crippen LogP contribution in [0, 0.1) is 0 Å². The van der Waals surface area contributed by atoms with Crippen LogP contribution in [0.3, 0.4) is 0 Å². The molecule has 0 saturated carbocycles. The summed E-state index contributed by atoms with van der Waals surface area (Å²) in [5, 5.41) is 3.57. The predicted molar refractivity (Wildman–Crippen MR) is 74.1 cm³/mol. The topological polar surface area (TPSA) is 39.7 Å². The highest BCUT2D eigenvalue weighted by atomic mass is 16.5. The number of benzene rings is 1. The van der Waals surface area contributed by atoms with Crippen molar-refractivity contribution in [2.75, 3.05) is 25.1 Å². The van der Waals surface area contributed by atoms with E-state index in [-0.39, 0.29) is 0 Å². The van der Waals surface area contributed by atoms with Crippen LogP contribution >= 0.6 is 0 Å². The minimum atomic E-state index is 0.340. The van der Waals surface area contributed by atoms with E-state index < -0.39 is 0 Å². The van der Waals surface area contributed by atoms with Gasteiger partial charge >= 0.3 is 0 Å². The second-order valence-corrected chi connectivity index (χ2v) is 5.26. The van der Waals surface area contributed by atoms with Gasteiger partial charge in [-0.1, -0.05) is 0 Å². The van der Waals surface area contributed by atoms with E-state index in [0.29, 0.717) is 12.1 Å². The molecule has 2 unspecified atom stereocenters. The van der Waals surface area contributed by atoms with Crippen LogP contribution in [0.15, 0.2) is 18.2 Å². The number of fused-ring (bicyclic) bond motifs is 1. The van der Waals surface area contributed by atoms with Crippen LogP contribution in [0.1, 0.15) is 26.2 Å². The summed E-state index contributed by atoms with van der Waals surface area (Å²) in [4.78, 5) is 0. The average molecular weight is 263 g/mol. The van der Waals surface area contributed by atoms with Crippen molar-refractivity contribution in [3.8, 4) is 11.5 Å². The Morgan fingerprint density at radius 1 is 1.11 bits per heavy atom. The van der Waals surface area contributed by atoms with Gasteiger partial charge in [-0.2, -0.15) is 0 Å². The molecule has 104 valence electrons. The molecule has 2 heterocycles. The van der Waals surface area contributed by atoms with E-state index in [4.69, 9.17) is 14.2 Å². The predicted octanol–water partition coefficient (Wildman–Crippen LogP) is 2.83. The molecule has 0 radical (unpaired) electrons. The van der Waals surface area contributed by atoms with Gasteiger partial charge in [0.05, 0.1) is 19.3 Å². The van der Waals surface area contributed by atoms with Crippen LogP contribution in [0.4, 0.5) is 5.69 Å². The molecule has 2 aliphatic heterocycles. The Morgan fingerprint density at radius 2 is 1.95 bits per heavy atom. The van der Waals surface area contributed by atoms with E-state index in [1.807, 2.05) is 12.1 Å². The second kappa shape index (κ2) is 5.70. The standard InChI is InChI=1S/C15H21NO3/c1-11-9-13(5-8-17-11)16-12-3-4-14-15(10-12)19-7-2-6-18-14/h3-4,10-11,13,16H,2,5-9H2,1H3. The number of ether oxygens (including phenoxy) is 3. The molecule has 2 aliphatic rings. The fourth-order valence-corrected chi connectivity index (χ4v) is 2.62. The van der Waals surface area contributed by atoms with E-state index in [9.17, 15) is 0 Å². The molecule has 1 fully saturated rings. The molecule has 0 bridgehead atoms. The average Bonchev–Trinajstić information content (AvgIpc) is 2.63. The maximum atomic E-state index is 5.71. The lowest BCUT2D eigenvalue weighted by atomic mass is 10.0. The van der Waals surface area contributed by atoms with Crippen molar-refractivity contribution < 1.29 is 14.2 Å². The molecule has 1 N–H and O–H groups in total. The molecule has 4 heteroatoms. The number of anilines is 1. The van der Waals surface area contributed by atoms with Gasteiger partial charge in [0.2, 0.25) is 0 Å². The lowest BCUT2D eigenvalue weighted by Crippen LogP contribution is -2.32. The molecule has 1 aromatic rings. The molecule has 1 saturated heterocycles. The zero-order valence-electron chi connectivity index (χ0n) is 11.4. The van der Waals surface area contributed by atoms with Crippen molar-refractivity contribution in [1.29, 1.82) is 0 Å². The van der Waals surface area contributed by atoms with Gasteiger partial charge in [0, 0.05) is 30.8 Å². The SMILES string of the molecule is CC1CC(Nc2ccc3c(c2)OCCCO3)CCO1. The van der Waals surface area contributed by atoms with Gasteiger partial charge in [-0.25, -0.2) is 0 Å². The van der Waals surface area contributed by atoms with Gasteiger partial charge in [0.25, 0.3) is 0 Å². The van der Waals surface area contributed by atoms with E-state index in [0.717, 1.165) is 56.3 Å². The summed E-state index contributed by atoms with van der Waals surface area (Å²) in [6.07, 6.45) is 3.38. The first-order valence-electron chi connectivity index (χ1n) is 7.09. The van der Waals surface area contributed by atoms with Gasteiger partial charge in [-0.3, -0.25) is 0 Å². The van der Waals surface area contributed by atoms with Crippen LogP contribution in [-0.4, -0.2) is 32.0 Å². The van der Waals surface area contributed by atoms with Gasteiger partial charge in [-0.15, -0.1) is 0 Å². The third kappa shape index (κ3) is 3.13. The molecule has 0 spiro atoms. The van der Waals surface area contributed by atoms with Crippen LogP contribution in [0.5, 0.6) is 11.5 Å². The Morgan fingerprint density at radius 3 is 2.79 bits per heavy atom. The summed E-state index contributed by atoms with van der Waals surface area (Å²) in [6, 6.07) is 6.58. The minimum absolute atomic E-state index is 0.340. The summed E-state index contributed by atoms with van der Waals surface area (Å²) < 4.78 is 16.9. The molecule has 0 amide bonds. The Bertz CT molecular complexity index is 435. The lowest BCUT2D eigenvalue weighted by molar-refractivity contribution is 0.0232. The maximum Gasteiger partial charge on any atom is 0.163 e. The Hall–Kier alpha value is -1.42. The van der Waals surface area contributed by atoms with Crippen molar-refractivity contribution >= 4 is 5.69 Å². The Kier molecular flexibility index (Phi) is 3.78. The highest BCUT2D eigenvalue weighted by Crippen LogP contribution is 2.33. The quantitative estimate of drug-likeness (QED) is 0.890. The minimum Gasteiger partial charge on any atom is -0.490 e. The van der Waals surface area contributed by atoms with Crippen LogP contribution in [0.2, 0.25) is 0 Å². The first-order chi connectivity index (χ1) is 9.31. The third-order valence-corrected chi connectivity index (χ3v) is 3.60. The van der Waals surface area contributed by atoms with Crippen LogP contribution in [0.25, 0.3) is 0 Å². The van der Waals surface area contributed by atoms with E-state index in [1.54, 1.807) is 0 Å². The molecule has 3 rings (SSSR count). The fraction of sp³-hybridized carbons (Fsp3) is 0.600. The molecule has 4 nitrogen and oxygen atoms in total. The van der Waals surface area contributed by atoms with E-state index >= 15 is 0 Å². The summed E-state index contributed by atoms with van der Waals surface area (Å²) in [5.41, 5.74) is 1.10. The van der Waals surface area contributed by atoms with E-state index in [1.165, 1.54) is 0 Å². The van der Waals surface area contributed by atoms with Crippen molar-refractivity contribution in [2.24, 2.45) is 0 Å². The molecule has 0 aliphatic carbocycles. The van der Waals surface area contributed by atoms with Gasteiger partial charge < -0.3 is 19.5 Å². The number of rotatable bonds is 2. The third-order valence-electron chi connectivity index (χ3n) is 3.60. The Labute approximate surface area is 114 Å². The second-order valence-electron chi connectivity index (χ2n) is 5.26. The van der Waals surface area contributed by atoms with Crippen molar-refractivity contribution in [1.82, 2.24) is 0 Å². The van der Waals surface area contributed by atoms with Crippen molar-refractivity contribution in [3.63, 3.8) is 0 Å². The highest BCUT2D eigenvalue weighted by molar-refractivity contribution is 5.55. The van der Waals surface area contributed by atoms with Crippen LogP contribution < -0.4 is 14.8 Å². The molecule has 0 aromatic heterocycles. The van der Waals surface area contributed by atoms with Gasteiger partial charge in [0.1, 0.15) is 0 Å². The number of hydrogen-bond donors (Lipinski definition) is 1. The molecule has 19 heavy (non-hydrogen) atoms. The molecular weight excluding hydrogens is 242 g/mol. The summed E-state index contributed by atoms with van der Waals surface area (Å²) in [6.45, 7) is 4.42. The van der Waals surface area contributed by atoms with Gasteiger partial charge in [-0.05, 0) is 31.9 Å². The molecule has 1 aromatic carbocycles. The van der Waals surface area contributed by atoms with Crippen molar-refractivity contribution in [3.05, 3.63) is 18.2 Å². The first kappa shape index (κ1) is 12.6.